The second-order valence-electron chi connectivity index (χ2n) is 5.27. The van der Waals surface area contributed by atoms with E-state index in [0.29, 0.717) is 21.3 Å². The number of esters is 1. The van der Waals surface area contributed by atoms with E-state index in [1.807, 2.05) is 6.07 Å². The fourth-order valence-electron chi connectivity index (χ4n) is 2.08. The van der Waals surface area contributed by atoms with Gasteiger partial charge in [0.25, 0.3) is 5.91 Å². The van der Waals surface area contributed by atoms with Crippen molar-refractivity contribution < 1.29 is 19.1 Å². The van der Waals surface area contributed by atoms with Gasteiger partial charge in [-0.3, -0.25) is 4.79 Å². The van der Waals surface area contributed by atoms with Crippen molar-refractivity contribution in [2.75, 3.05) is 21.2 Å². The molecular formula is C18H18BrNO4. The Kier molecular flexibility index (Phi) is 5.98. The lowest BCUT2D eigenvalue weighted by Gasteiger charge is -2.21. The highest BCUT2D eigenvalue weighted by Crippen LogP contribution is 2.26. The van der Waals surface area contributed by atoms with Crippen LogP contribution < -0.4 is 4.74 Å². The summed E-state index contributed by atoms with van der Waals surface area (Å²) < 4.78 is 11.2. The summed E-state index contributed by atoms with van der Waals surface area (Å²) in [7, 11) is 4.75. The van der Waals surface area contributed by atoms with Crippen LogP contribution in [0.5, 0.6) is 5.75 Å². The number of rotatable bonds is 5. The maximum absolute atomic E-state index is 12.6. The van der Waals surface area contributed by atoms with Crippen LogP contribution in [-0.4, -0.2) is 38.0 Å². The highest BCUT2D eigenvalue weighted by Gasteiger charge is 2.27. The zero-order chi connectivity index (χ0) is 17.7. The quantitative estimate of drug-likeness (QED) is 0.732. The first-order valence-electron chi connectivity index (χ1n) is 7.24. The molecule has 2 rings (SSSR count). The first-order chi connectivity index (χ1) is 11.4. The van der Waals surface area contributed by atoms with E-state index in [-0.39, 0.29) is 5.91 Å². The SMILES string of the molecule is COc1ccc(Br)c(C(=O)OC(C(=O)N(C)C)c2ccccc2)c1. The van der Waals surface area contributed by atoms with Gasteiger partial charge >= 0.3 is 5.97 Å². The average molecular weight is 392 g/mol. The number of benzene rings is 2. The number of hydrogen-bond donors (Lipinski definition) is 0. The fraction of sp³-hybridized carbons (Fsp3) is 0.222. The zero-order valence-electron chi connectivity index (χ0n) is 13.7. The minimum atomic E-state index is -1.01. The second-order valence-corrected chi connectivity index (χ2v) is 6.13. The molecule has 5 nitrogen and oxygen atoms in total. The van der Waals surface area contributed by atoms with Crippen LogP contribution in [0.25, 0.3) is 0 Å². The van der Waals surface area contributed by atoms with Gasteiger partial charge in [0.15, 0.2) is 0 Å². The van der Waals surface area contributed by atoms with Crippen LogP contribution in [0.1, 0.15) is 22.0 Å². The third-order valence-corrected chi connectivity index (χ3v) is 4.08. The largest absolute Gasteiger partial charge is 0.497 e. The summed E-state index contributed by atoms with van der Waals surface area (Å²) in [6.07, 6.45) is -1.01. The van der Waals surface area contributed by atoms with Gasteiger partial charge in [0.2, 0.25) is 6.10 Å². The molecule has 1 atom stereocenters. The highest BCUT2D eigenvalue weighted by molar-refractivity contribution is 9.10. The van der Waals surface area contributed by atoms with Crippen molar-refractivity contribution >= 4 is 27.8 Å². The van der Waals surface area contributed by atoms with E-state index in [1.54, 1.807) is 56.6 Å². The maximum atomic E-state index is 12.6. The van der Waals surface area contributed by atoms with Crippen molar-refractivity contribution in [3.8, 4) is 5.75 Å². The topological polar surface area (TPSA) is 55.8 Å². The third-order valence-electron chi connectivity index (χ3n) is 3.39. The van der Waals surface area contributed by atoms with E-state index >= 15 is 0 Å². The van der Waals surface area contributed by atoms with Crippen molar-refractivity contribution in [2.45, 2.75) is 6.10 Å². The molecule has 0 aromatic heterocycles. The van der Waals surface area contributed by atoms with Gasteiger partial charge in [-0.25, -0.2) is 4.79 Å². The molecule has 24 heavy (non-hydrogen) atoms. The van der Waals surface area contributed by atoms with E-state index in [9.17, 15) is 9.59 Å². The monoisotopic (exact) mass is 391 g/mol. The van der Waals surface area contributed by atoms with Gasteiger partial charge in [-0.1, -0.05) is 30.3 Å². The molecule has 2 aromatic carbocycles. The Balaban J connectivity index is 2.33. The number of methoxy groups -OCH3 is 1. The number of nitrogens with zero attached hydrogens (tertiary/aromatic N) is 1. The zero-order valence-corrected chi connectivity index (χ0v) is 15.2. The van der Waals surface area contributed by atoms with Gasteiger partial charge < -0.3 is 14.4 Å². The van der Waals surface area contributed by atoms with Gasteiger partial charge in [0, 0.05) is 24.1 Å². The molecule has 0 fully saturated rings. The standard InChI is InChI=1S/C18H18BrNO4/c1-20(2)17(21)16(12-7-5-4-6-8-12)24-18(22)14-11-13(23-3)9-10-15(14)19/h4-11,16H,1-3H3. The summed E-state index contributed by atoms with van der Waals surface area (Å²) in [6, 6.07) is 13.9. The number of ether oxygens (including phenoxy) is 2. The number of hydrogen-bond acceptors (Lipinski definition) is 4. The lowest BCUT2D eigenvalue weighted by Crippen LogP contribution is -2.31. The minimum Gasteiger partial charge on any atom is -0.497 e. The lowest BCUT2D eigenvalue weighted by atomic mass is 10.1. The Morgan fingerprint density at radius 1 is 1.08 bits per heavy atom. The first-order valence-corrected chi connectivity index (χ1v) is 8.04. The molecular weight excluding hydrogens is 374 g/mol. The molecule has 0 radical (unpaired) electrons. The summed E-state index contributed by atoms with van der Waals surface area (Å²) in [5.74, 6) is -0.390. The molecule has 1 unspecified atom stereocenters. The van der Waals surface area contributed by atoms with Gasteiger partial charge in [0.05, 0.1) is 12.7 Å². The number of carbonyl (C=O) groups is 2. The maximum Gasteiger partial charge on any atom is 0.340 e. The molecule has 0 bridgehead atoms. The Hall–Kier alpha value is -2.34. The van der Waals surface area contributed by atoms with E-state index in [0.717, 1.165) is 0 Å². The van der Waals surface area contributed by atoms with Crippen LogP contribution in [-0.2, 0) is 9.53 Å². The minimum absolute atomic E-state index is 0.293. The molecule has 0 spiro atoms. The normalized spacial score (nSPS) is 11.5. The molecule has 6 heteroatoms. The van der Waals surface area contributed by atoms with Crippen molar-refractivity contribution in [1.29, 1.82) is 0 Å². The Morgan fingerprint density at radius 2 is 1.75 bits per heavy atom. The number of likely N-dealkylation sites (N-methyl/N-ethyl adjacent to an activating group) is 1. The number of halogens is 1. The molecule has 0 N–H and O–H groups in total. The Bertz CT molecular complexity index is 731. The van der Waals surface area contributed by atoms with Crippen molar-refractivity contribution in [2.24, 2.45) is 0 Å². The summed E-state index contributed by atoms with van der Waals surface area (Å²) in [4.78, 5) is 26.4. The van der Waals surface area contributed by atoms with Crippen LogP contribution in [0, 0.1) is 0 Å². The molecule has 0 saturated carbocycles. The first kappa shape index (κ1) is 18.0. The average Bonchev–Trinajstić information content (AvgIpc) is 2.60. The number of carbonyl (C=O) groups excluding carboxylic acids is 2. The molecule has 0 saturated heterocycles. The number of amides is 1. The highest BCUT2D eigenvalue weighted by atomic mass is 79.9. The van der Waals surface area contributed by atoms with Crippen molar-refractivity contribution in [3.05, 3.63) is 64.1 Å². The molecule has 0 aliphatic heterocycles. The fourth-order valence-corrected chi connectivity index (χ4v) is 2.49. The molecule has 1 amide bonds. The lowest BCUT2D eigenvalue weighted by molar-refractivity contribution is -0.138. The van der Waals surface area contributed by atoms with Gasteiger partial charge in [-0.15, -0.1) is 0 Å². The van der Waals surface area contributed by atoms with E-state index in [1.165, 1.54) is 12.0 Å². The molecule has 2 aromatic rings. The van der Waals surface area contributed by atoms with Crippen LogP contribution in [0.4, 0.5) is 0 Å². The third kappa shape index (κ3) is 4.14. The van der Waals surface area contributed by atoms with Crippen molar-refractivity contribution in [1.82, 2.24) is 4.90 Å². The van der Waals surface area contributed by atoms with E-state index in [4.69, 9.17) is 9.47 Å². The Morgan fingerprint density at radius 3 is 2.33 bits per heavy atom. The predicted octanol–water partition coefficient (Wildman–Crippen LogP) is 3.44. The van der Waals surface area contributed by atoms with E-state index < -0.39 is 12.1 Å². The van der Waals surface area contributed by atoms with Gasteiger partial charge in [-0.05, 0) is 34.1 Å². The molecule has 0 heterocycles. The van der Waals surface area contributed by atoms with Crippen LogP contribution in [0.2, 0.25) is 0 Å². The predicted molar refractivity (Wildman–Crippen MR) is 94.0 cm³/mol. The Labute approximate surface area is 149 Å². The summed E-state index contributed by atoms with van der Waals surface area (Å²) in [6.45, 7) is 0. The van der Waals surface area contributed by atoms with Crippen LogP contribution in [0.3, 0.4) is 0 Å². The van der Waals surface area contributed by atoms with E-state index in [2.05, 4.69) is 15.9 Å². The van der Waals surface area contributed by atoms with Gasteiger partial charge in [0.1, 0.15) is 5.75 Å². The van der Waals surface area contributed by atoms with Crippen LogP contribution in [0.15, 0.2) is 53.0 Å². The summed E-state index contributed by atoms with van der Waals surface area (Å²) in [5, 5.41) is 0. The van der Waals surface area contributed by atoms with Crippen molar-refractivity contribution in [3.63, 3.8) is 0 Å². The second kappa shape index (κ2) is 7.97. The van der Waals surface area contributed by atoms with Crippen LogP contribution >= 0.6 is 15.9 Å². The molecule has 126 valence electrons. The summed E-state index contributed by atoms with van der Waals surface area (Å²) >= 11 is 3.32. The summed E-state index contributed by atoms with van der Waals surface area (Å²) in [5.41, 5.74) is 0.908. The smallest absolute Gasteiger partial charge is 0.340 e. The van der Waals surface area contributed by atoms with Gasteiger partial charge in [-0.2, -0.15) is 0 Å². The molecule has 0 aliphatic carbocycles. The molecule has 0 aliphatic rings.